The smallest absolute Gasteiger partial charge is 0.461 e. The zero-order chi connectivity index (χ0) is 12.4. The van der Waals surface area contributed by atoms with Crippen molar-refractivity contribution in [3.63, 3.8) is 0 Å². The molecule has 2 heterocycles. The number of carbonyl (C=O) groups is 1. The number of hydrogen-bond acceptors (Lipinski definition) is 5. The molecule has 2 rings (SSSR count). The van der Waals surface area contributed by atoms with Crippen LogP contribution < -0.4 is 0 Å². The average molecular weight is 239 g/mol. The van der Waals surface area contributed by atoms with Gasteiger partial charge in [0.1, 0.15) is 0 Å². The Kier molecular flexibility index (Phi) is 2.88. The van der Waals surface area contributed by atoms with Crippen LogP contribution in [-0.4, -0.2) is 32.8 Å². The molecule has 0 saturated carbocycles. The summed E-state index contributed by atoms with van der Waals surface area (Å²) in [7, 11) is 0. The minimum absolute atomic E-state index is 0.0496. The SMILES string of the molecule is O=C(O)N(C1COCc2ncccc21)[N+](=O)[O-]. The summed E-state index contributed by atoms with van der Waals surface area (Å²) in [5, 5.41) is 18.7. The number of aromatic nitrogens is 1. The van der Waals surface area contributed by atoms with Crippen molar-refractivity contribution >= 4 is 6.09 Å². The van der Waals surface area contributed by atoms with E-state index in [9.17, 15) is 14.9 Å². The van der Waals surface area contributed by atoms with Crippen molar-refractivity contribution in [2.75, 3.05) is 6.61 Å². The maximum atomic E-state index is 10.9. The third-order valence-electron chi connectivity index (χ3n) is 2.47. The van der Waals surface area contributed by atoms with Crippen LogP contribution in [0.1, 0.15) is 17.3 Å². The van der Waals surface area contributed by atoms with E-state index in [1.165, 1.54) is 6.20 Å². The molecule has 0 spiro atoms. The fourth-order valence-corrected chi connectivity index (χ4v) is 1.75. The van der Waals surface area contributed by atoms with Crippen LogP contribution in [0.5, 0.6) is 0 Å². The molecule has 0 saturated heterocycles. The summed E-state index contributed by atoms with van der Waals surface area (Å²) < 4.78 is 5.12. The summed E-state index contributed by atoms with van der Waals surface area (Å²) in [5.41, 5.74) is 1.04. The molecule has 0 fully saturated rings. The molecule has 0 aliphatic carbocycles. The molecule has 8 heteroatoms. The molecule has 1 aromatic heterocycles. The van der Waals surface area contributed by atoms with Crippen LogP contribution >= 0.6 is 0 Å². The lowest BCUT2D eigenvalue weighted by molar-refractivity contribution is -0.646. The molecular weight excluding hydrogens is 230 g/mol. The number of carboxylic acid groups (broad SMARTS) is 1. The van der Waals surface area contributed by atoms with E-state index < -0.39 is 17.2 Å². The molecule has 0 aromatic carbocycles. The second-order valence-electron chi connectivity index (χ2n) is 3.44. The fraction of sp³-hybridized carbons (Fsp3) is 0.333. The van der Waals surface area contributed by atoms with Crippen molar-refractivity contribution in [1.29, 1.82) is 0 Å². The quantitative estimate of drug-likeness (QED) is 0.605. The van der Waals surface area contributed by atoms with E-state index in [1.54, 1.807) is 12.1 Å². The highest BCUT2D eigenvalue weighted by molar-refractivity contribution is 5.64. The molecule has 8 nitrogen and oxygen atoms in total. The third-order valence-corrected chi connectivity index (χ3v) is 2.47. The Morgan fingerprint density at radius 2 is 2.47 bits per heavy atom. The largest absolute Gasteiger partial charge is 0.466 e. The Labute approximate surface area is 95.6 Å². The summed E-state index contributed by atoms with van der Waals surface area (Å²) in [5.74, 6) is 0. The van der Waals surface area contributed by atoms with E-state index in [0.717, 1.165) is 0 Å². The lowest BCUT2D eigenvalue weighted by atomic mass is 10.0. The van der Waals surface area contributed by atoms with E-state index in [4.69, 9.17) is 9.84 Å². The number of fused-ring (bicyclic) bond motifs is 1. The molecule has 1 aliphatic heterocycles. The molecular formula is C9H9N3O5. The Morgan fingerprint density at radius 1 is 1.71 bits per heavy atom. The van der Waals surface area contributed by atoms with E-state index in [2.05, 4.69) is 4.98 Å². The van der Waals surface area contributed by atoms with Gasteiger partial charge in [-0.15, -0.1) is 0 Å². The van der Waals surface area contributed by atoms with Crippen LogP contribution in [0.4, 0.5) is 4.79 Å². The zero-order valence-corrected chi connectivity index (χ0v) is 8.65. The number of hydrogen-bond donors (Lipinski definition) is 1. The lowest BCUT2D eigenvalue weighted by Crippen LogP contribution is -2.42. The van der Waals surface area contributed by atoms with Crippen molar-refractivity contribution in [1.82, 2.24) is 9.99 Å². The highest BCUT2D eigenvalue weighted by atomic mass is 16.7. The first kappa shape index (κ1) is 11.3. The third kappa shape index (κ3) is 2.02. The van der Waals surface area contributed by atoms with E-state index in [1.807, 2.05) is 0 Å². The predicted molar refractivity (Wildman–Crippen MR) is 53.5 cm³/mol. The standard InChI is InChI=1S/C9H9N3O5/c13-9(14)11(12(15)16)8-5-17-4-7-6(8)2-1-3-10-7/h1-3,8H,4-5H2,(H,13,14). The number of ether oxygens (including phenoxy) is 1. The van der Waals surface area contributed by atoms with E-state index >= 15 is 0 Å². The van der Waals surface area contributed by atoms with Gasteiger partial charge >= 0.3 is 6.09 Å². The highest BCUT2D eigenvalue weighted by Gasteiger charge is 2.38. The first-order valence-corrected chi connectivity index (χ1v) is 4.79. The van der Waals surface area contributed by atoms with Crippen LogP contribution in [0.3, 0.4) is 0 Å². The number of hydrazine groups is 1. The van der Waals surface area contributed by atoms with Gasteiger partial charge in [0.2, 0.25) is 0 Å². The molecule has 17 heavy (non-hydrogen) atoms. The Hall–Kier alpha value is -2.22. The Bertz CT molecular complexity index is 450. The summed E-state index contributed by atoms with van der Waals surface area (Å²) in [6.45, 7) is 0.184. The van der Waals surface area contributed by atoms with Crippen molar-refractivity contribution in [2.24, 2.45) is 0 Å². The highest BCUT2D eigenvalue weighted by Crippen LogP contribution is 2.28. The van der Waals surface area contributed by atoms with Crippen LogP contribution in [0, 0.1) is 10.1 Å². The van der Waals surface area contributed by atoms with Gasteiger partial charge in [-0.2, -0.15) is 0 Å². The number of nitro groups is 1. The Morgan fingerprint density at radius 3 is 3.12 bits per heavy atom. The van der Waals surface area contributed by atoms with Gasteiger partial charge in [0, 0.05) is 11.8 Å². The van der Waals surface area contributed by atoms with Gasteiger partial charge in [-0.25, -0.2) is 14.9 Å². The Balaban J connectivity index is 2.40. The van der Waals surface area contributed by atoms with Crippen LogP contribution in [-0.2, 0) is 11.3 Å². The normalized spacial score (nSPS) is 18.2. The molecule has 1 atom stereocenters. The number of rotatable bonds is 2. The van der Waals surface area contributed by atoms with Gasteiger partial charge in [0.05, 0.1) is 18.9 Å². The lowest BCUT2D eigenvalue weighted by Gasteiger charge is -2.26. The summed E-state index contributed by atoms with van der Waals surface area (Å²) in [6, 6.07) is 2.27. The van der Waals surface area contributed by atoms with Crippen molar-refractivity contribution in [2.45, 2.75) is 12.6 Å². The maximum absolute atomic E-state index is 10.9. The molecule has 1 N–H and O–H groups in total. The van der Waals surface area contributed by atoms with Gasteiger partial charge in [-0.05, 0) is 11.1 Å². The first-order valence-electron chi connectivity index (χ1n) is 4.79. The predicted octanol–water partition coefficient (Wildman–Crippen LogP) is 0.825. The number of pyridine rings is 1. The van der Waals surface area contributed by atoms with E-state index in [0.29, 0.717) is 11.3 Å². The first-order chi connectivity index (χ1) is 8.11. The number of nitrogens with zero attached hydrogens (tertiary/aromatic N) is 3. The van der Waals surface area contributed by atoms with Crippen molar-refractivity contribution in [3.8, 4) is 0 Å². The number of amides is 1. The van der Waals surface area contributed by atoms with Crippen LogP contribution in [0.15, 0.2) is 18.3 Å². The van der Waals surface area contributed by atoms with Gasteiger partial charge in [-0.1, -0.05) is 6.07 Å². The average Bonchev–Trinajstić information content (AvgIpc) is 2.28. The molecule has 1 aromatic rings. The van der Waals surface area contributed by atoms with E-state index in [-0.39, 0.29) is 18.2 Å². The zero-order valence-electron chi connectivity index (χ0n) is 8.65. The summed E-state index contributed by atoms with van der Waals surface area (Å²) >= 11 is 0. The van der Waals surface area contributed by atoms with Crippen molar-refractivity contribution < 1.29 is 19.7 Å². The van der Waals surface area contributed by atoms with Crippen LogP contribution in [0.2, 0.25) is 0 Å². The molecule has 1 amide bonds. The van der Waals surface area contributed by atoms with Gasteiger partial charge in [0.15, 0.2) is 11.1 Å². The molecule has 0 bridgehead atoms. The second-order valence-corrected chi connectivity index (χ2v) is 3.44. The van der Waals surface area contributed by atoms with Crippen molar-refractivity contribution in [3.05, 3.63) is 39.7 Å². The second kappa shape index (κ2) is 4.34. The molecule has 1 aliphatic rings. The molecule has 0 radical (unpaired) electrons. The summed E-state index contributed by atoms with van der Waals surface area (Å²) in [4.78, 5) is 25.6. The molecule has 1 unspecified atom stereocenters. The topological polar surface area (TPSA) is 106 Å². The van der Waals surface area contributed by atoms with Gasteiger partial charge < -0.3 is 9.84 Å². The van der Waals surface area contributed by atoms with Crippen LogP contribution in [0.25, 0.3) is 0 Å². The maximum Gasteiger partial charge on any atom is 0.466 e. The van der Waals surface area contributed by atoms with Gasteiger partial charge in [0.25, 0.3) is 0 Å². The minimum atomic E-state index is -1.62. The fourth-order valence-electron chi connectivity index (χ4n) is 1.75. The minimum Gasteiger partial charge on any atom is -0.461 e. The van der Waals surface area contributed by atoms with Gasteiger partial charge in [-0.3, -0.25) is 4.98 Å². The summed E-state index contributed by atoms with van der Waals surface area (Å²) in [6.07, 6.45) is -0.0951. The monoisotopic (exact) mass is 239 g/mol. The molecule has 90 valence electrons.